The van der Waals surface area contributed by atoms with Gasteiger partial charge < -0.3 is 10.2 Å². The molecule has 1 aromatic carbocycles. The first kappa shape index (κ1) is 14.7. The molecule has 20 heavy (non-hydrogen) atoms. The summed E-state index contributed by atoms with van der Waals surface area (Å²) in [4.78, 5) is 12.1. The molecule has 2 rings (SSSR count). The Balaban J connectivity index is 2.03. The zero-order chi connectivity index (χ0) is 14.5. The summed E-state index contributed by atoms with van der Waals surface area (Å²) in [6, 6.07) is 5.86. The van der Waals surface area contributed by atoms with Crippen LogP contribution in [-0.4, -0.2) is 12.3 Å². The number of carbonyl (C=O) groups is 1. The molecule has 0 aliphatic carbocycles. The zero-order valence-corrected chi connectivity index (χ0v) is 11.7. The number of ketones is 1. The van der Waals surface area contributed by atoms with Crippen molar-refractivity contribution < 1.29 is 13.6 Å². The monoisotopic (exact) mass is 277 g/mol. The van der Waals surface area contributed by atoms with Gasteiger partial charge in [-0.3, -0.25) is 4.79 Å². The normalized spacial score (nSPS) is 12.8. The molecule has 2 N–H and O–H groups in total. The molecule has 4 heteroatoms. The van der Waals surface area contributed by atoms with E-state index in [1.165, 1.54) is 12.1 Å². The Morgan fingerprint density at radius 2 is 2.15 bits per heavy atom. The van der Waals surface area contributed by atoms with Gasteiger partial charge in [-0.1, -0.05) is 13.3 Å². The van der Waals surface area contributed by atoms with Crippen molar-refractivity contribution in [1.29, 1.82) is 0 Å². The molecule has 0 bridgehead atoms. The molecule has 1 heterocycles. The molecule has 0 aliphatic rings. The molecule has 1 aromatic heterocycles. The van der Waals surface area contributed by atoms with E-state index >= 15 is 0 Å². The van der Waals surface area contributed by atoms with E-state index < -0.39 is 0 Å². The van der Waals surface area contributed by atoms with E-state index in [1.54, 1.807) is 12.1 Å². The molecule has 1 unspecified atom stereocenters. The van der Waals surface area contributed by atoms with Gasteiger partial charge in [0.15, 0.2) is 11.5 Å². The summed E-state index contributed by atoms with van der Waals surface area (Å²) < 4.78 is 18.6. The third kappa shape index (κ3) is 3.45. The molecule has 1 atom stereocenters. The largest absolute Gasteiger partial charge is 0.453 e. The Morgan fingerprint density at radius 1 is 1.35 bits per heavy atom. The summed E-state index contributed by atoms with van der Waals surface area (Å²) >= 11 is 0. The zero-order valence-electron chi connectivity index (χ0n) is 11.7. The average Bonchev–Trinajstić information content (AvgIpc) is 2.86. The average molecular weight is 277 g/mol. The van der Waals surface area contributed by atoms with E-state index in [2.05, 4.69) is 6.92 Å². The van der Waals surface area contributed by atoms with Crippen LogP contribution in [0.15, 0.2) is 28.7 Å². The van der Waals surface area contributed by atoms with Gasteiger partial charge in [0, 0.05) is 11.8 Å². The van der Waals surface area contributed by atoms with E-state index in [1.807, 2.05) is 0 Å². The van der Waals surface area contributed by atoms with Gasteiger partial charge in [0.05, 0.1) is 0 Å². The first-order chi connectivity index (χ1) is 9.63. The summed E-state index contributed by atoms with van der Waals surface area (Å²) in [5.74, 6) is 0.433. The van der Waals surface area contributed by atoms with Crippen LogP contribution in [0.4, 0.5) is 4.39 Å². The van der Waals surface area contributed by atoms with E-state index in [4.69, 9.17) is 10.2 Å². The second-order valence-corrected chi connectivity index (χ2v) is 5.11. The summed E-state index contributed by atoms with van der Waals surface area (Å²) in [6.45, 7) is 2.76. The topological polar surface area (TPSA) is 56.2 Å². The minimum absolute atomic E-state index is 0.0305. The van der Waals surface area contributed by atoms with Gasteiger partial charge in [0.1, 0.15) is 11.4 Å². The number of Topliss-reactive ketones (excluding diaryl/α,β-unsaturated/α-hetero) is 1. The van der Waals surface area contributed by atoms with Gasteiger partial charge in [-0.05, 0) is 49.6 Å². The molecular formula is C16H20FNO2. The van der Waals surface area contributed by atoms with Crippen molar-refractivity contribution in [3.05, 3.63) is 35.8 Å². The Bertz CT molecular complexity index is 591. The van der Waals surface area contributed by atoms with Crippen LogP contribution in [-0.2, 0) is 0 Å². The summed E-state index contributed by atoms with van der Waals surface area (Å²) in [5.41, 5.74) is 6.09. The maximum atomic E-state index is 13.1. The lowest BCUT2D eigenvalue weighted by molar-refractivity contribution is 0.0948. The fourth-order valence-corrected chi connectivity index (χ4v) is 2.40. The highest BCUT2D eigenvalue weighted by molar-refractivity contribution is 5.97. The maximum absolute atomic E-state index is 13.1. The van der Waals surface area contributed by atoms with E-state index in [0.717, 1.165) is 19.3 Å². The molecule has 0 saturated carbocycles. The van der Waals surface area contributed by atoms with Crippen molar-refractivity contribution in [3.8, 4) is 0 Å². The minimum atomic E-state index is -0.328. The van der Waals surface area contributed by atoms with E-state index in [-0.39, 0.29) is 11.6 Å². The molecule has 0 saturated heterocycles. The molecular weight excluding hydrogens is 257 g/mol. The van der Waals surface area contributed by atoms with Crippen molar-refractivity contribution in [3.63, 3.8) is 0 Å². The van der Waals surface area contributed by atoms with Crippen molar-refractivity contribution in [1.82, 2.24) is 0 Å². The Kier molecular flexibility index (Phi) is 4.90. The maximum Gasteiger partial charge on any atom is 0.198 e. The van der Waals surface area contributed by atoms with E-state index in [9.17, 15) is 9.18 Å². The highest BCUT2D eigenvalue weighted by atomic mass is 19.1. The lowest BCUT2D eigenvalue weighted by Gasteiger charge is -2.11. The smallest absolute Gasteiger partial charge is 0.198 e. The van der Waals surface area contributed by atoms with Crippen LogP contribution in [0.25, 0.3) is 11.0 Å². The SMILES string of the molecule is CCC(CCN)CCC(=O)c1cc2cc(F)ccc2o1. The fourth-order valence-electron chi connectivity index (χ4n) is 2.40. The number of furan rings is 1. The van der Waals surface area contributed by atoms with Gasteiger partial charge in [-0.25, -0.2) is 4.39 Å². The van der Waals surface area contributed by atoms with Crippen LogP contribution in [0.1, 0.15) is 43.2 Å². The summed E-state index contributed by atoms with van der Waals surface area (Å²) in [6.07, 6.45) is 3.23. The van der Waals surface area contributed by atoms with Crippen LogP contribution >= 0.6 is 0 Å². The number of fused-ring (bicyclic) bond motifs is 1. The number of hydrogen-bond acceptors (Lipinski definition) is 3. The van der Waals surface area contributed by atoms with Crippen molar-refractivity contribution in [2.45, 2.75) is 32.6 Å². The Morgan fingerprint density at radius 3 is 2.85 bits per heavy atom. The van der Waals surface area contributed by atoms with Gasteiger partial charge in [0.2, 0.25) is 0 Å². The molecule has 0 fully saturated rings. The quantitative estimate of drug-likeness (QED) is 0.781. The number of hydrogen-bond donors (Lipinski definition) is 1. The molecule has 0 spiro atoms. The standard InChI is InChI=1S/C16H20FNO2/c1-2-11(7-8-18)3-5-14(19)16-10-12-9-13(17)4-6-15(12)20-16/h4,6,9-11H,2-3,5,7-8,18H2,1H3. The molecule has 0 radical (unpaired) electrons. The highest BCUT2D eigenvalue weighted by Gasteiger charge is 2.15. The first-order valence-corrected chi connectivity index (χ1v) is 7.06. The third-order valence-electron chi connectivity index (χ3n) is 3.69. The lowest BCUT2D eigenvalue weighted by atomic mass is 9.95. The predicted molar refractivity (Wildman–Crippen MR) is 77.2 cm³/mol. The fraction of sp³-hybridized carbons (Fsp3) is 0.438. The van der Waals surface area contributed by atoms with E-state index in [0.29, 0.717) is 35.6 Å². The number of rotatable bonds is 7. The van der Waals surface area contributed by atoms with Gasteiger partial charge in [-0.2, -0.15) is 0 Å². The van der Waals surface area contributed by atoms with Crippen LogP contribution < -0.4 is 5.73 Å². The molecule has 108 valence electrons. The molecule has 3 nitrogen and oxygen atoms in total. The van der Waals surface area contributed by atoms with Crippen molar-refractivity contribution in [2.24, 2.45) is 11.7 Å². The second kappa shape index (κ2) is 6.66. The van der Waals surface area contributed by atoms with Crippen molar-refractivity contribution >= 4 is 16.8 Å². The third-order valence-corrected chi connectivity index (χ3v) is 3.69. The lowest BCUT2D eigenvalue weighted by Crippen LogP contribution is -2.10. The second-order valence-electron chi connectivity index (χ2n) is 5.11. The predicted octanol–water partition coefficient (Wildman–Crippen LogP) is 3.91. The van der Waals surface area contributed by atoms with Gasteiger partial charge in [-0.15, -0.1) is 0 Å². The molecule has 2 aromatic rings. The first-order valence-electron chi connectivity index (χ1n) is 7.06. The van der Waals surface area contributed by atoms with Gasteiger partial charge >= 0.3 is 0 Å². The van der Waals surface area contributed by atoms with Gasteiger partial charge in [0.25, 0.3) is 0 Å². The number of carbonyl (C=O) groups excluding carboxylic acids is 1. The van der Waals surface area contributed by atoms with Crippen LogP contribution in [0.2, 0.25) is 0 Å². The van der Waals surface area contributed by atoms with Crippen LogP contribution in [0.5, 0.6) is 0 Å². The Labute approximate surface area is 117 Å². The highest BCUT2D eigenvalue weighted by Crippen LogP contribution is 2.23. The van der Waals surface area contributed by atoms with Crippen LogP contribution in [0, 0.1) is 11.7 Å². The number of nitrogens with two attached hydrogens (primary N) is 1. The minimum Gasteiger partial charge on any atom is -0.453 e. The Hall–Kier alpha value is -1.68. The summed E-state index contributed by atoms with van der Waals surface area (Å²) in [5, 5.41) is 0.627. The van der Waals surface area contributed by atoms with Crippen molar-refractivity contribution in [2.75, 3.05) is 6.54 Å². The molecule has 0 amide bonds. The number of halogens is 1. The van der Waals surface area contributed by atoms with Crippen LogP contribution in [0.3, 0.4) is 0 Å². The molecule has 0 aliphatic heterocycles. The summed E-state index contributed by atoms with van der Waals surface area (Å²) in [7, 11) is 0. The number of benzene rings is 1.